The van der Waals surface area contributed by atoms with Gasteiger partial charge in [0, 0.05) is 37.3 Å². The van der Waals surface area contributed by atoms with Crippen molar-refractivity contribution in [2.45, 2.75) is 63.8 Å². The van der Waals surface area contributed by atoms with Gasteiger partial charge < -0.3 is 19.5 Å². The Morgan fingerprint density at radius 2 is 1.85 bits per heavy atom. The molecule has 1 amide bonds. The molecule has 9 heteroatoms. The summed E-state index contributed by atoms with van der Waals surface area (Å²) in [6, 6.07) is 12.6. The Morgan fingerprint density at radius 3 is 2.50 bits per heavy atom. The van der Waals surface area contributed by atoms with Crippen molar-refractivity contribution in [3.8, 4) is 5.75 Å². The summed E-state index contributed by atoms with van der Waals surface area (Å²) < 4.78 is 35.4. The molecule has 1 aliphatic heterocycles. The van der Waals surface area contributed by atoms with Gasteiger partial charge in [-0.3, -0.25) is 14.4 Å². The highest BCUT2D eigenvalue weighted by molar-refractivity contribution is 6.00. The molecular weight excluding hydrogens is 516 g/mol. The molecular formula is C31H33F2N3O4. The molecule has 5 rings (SSSR count). The minimum atomic E-state index is -0.743. The molecule has 1 spiro atoms. The van der Waals surface area contributed by atoms with E-state index in [2.05, 4.69) is 5.32 Å². The highest BCUT2D eigenvalue weighted by atomic mass is 19.1. The number of amides is 1. The molecule has 2 aliphatic rings. The van der Waals surface area contributed by atoms with Gasteiger partial charge in [-0.1, -0.05) is 36.4 Å². The van der Waals surface area contributed by atoms with Crippen LogP contribution < -0.4 is 15.5 Å². The van der Waals surface area contributed by atoms with Gasteiger partial charge in [0.05, 0.1) is 11.1 Å². The second-order valence-electron chi connectivity index (χ2n) is 11.0. The number of halogens is 2. The van der Waals surface area contributed by atoms with Crippen LogP contribution >= 0.6 is 0 Å². The van der Waals surface area contributed by atoms with Crippen molar-refractivity contribution in [3.63, 3.8) is 0 Å². The van der Waals surface area contributed by atoms with Crippen molar-refractivity contribution in [2.24, 2.45) is 0 Å². The predicted molar refractivity (Wildman–Crippen MR) is 147 cm³/mol. The van der Waals surface area contributed by atoms with Crippen molar-refractivity contribution in [1.29, 1.82) is 0 Å². The molecule has 0 radical (unpaired) electrons. The normalized spacial score (nSPS) is 20.0. The molecule has 7 nitrogen and oxygen atoms in total. The standard InChI is InChI=1S/C31H33F2N3O4/c1-19(2)35-18-31(14-23(15-31)34-3)36-16-24(26(37)12-10-21-9-11-22(32)13-25(21)33)28(38)29(27(36)30(35)39)40-17-20-7-5-4-6-8-20/h4-9,11,13,16,19,23,34H,10,12,14-15,17-18H2,1-3H3. The SMILES string of the molecule is CNC1CC2(C1)CN(C(C)C)C(=O)c1c(OCc3ccccc3)c(=O)c(C(=O)CCc3ccc(F)cc3F)cn12. The number of benzene rings is 2. The van der Waals surface area contributed by atoms with Gasteiger partial charge in [0.2, 0.25) is 5.43 Å². The molecule has 1 fully saturated rings. The number of carbonyl (C=O) groups is 2. The second kappa shape index (κ2) is 11.0. The van der Waals surface area contributed by atoms with Crippen LogP contribution in [0.4, 0.5) is 8.78 Å². The molecule has 1 aliphatic carbocycles. The topological polar surface area (TPSA) is 80.6 Å². The van der Waals surface area contributed by atoms with E-state index in [9.17, 15) is 23.2 Å². The van der Waals surface area contributed by atoms with Crippen molar-refractivity contribution >= 4 is 11.7 Å². The Morgan fingerprint density at radius 1 is 1.12 bits per heavy atom. The summed E-state index contributed by atoms with van der Waals surface area (Å²) in [7, 11) is 1.88. The first-order valence-electron chi connectivity index (χ1n) is 13.6. The highest BCUT2D eigenvalue weighted by Gasteiger charge is 2.52. The number of nitrogens with one attached hydrogen (secondary N) is 1. The summed E-state index contributed by atoms with van der Waals surface area (Å²) in [4.78, 5) is 42.8. The molecule has 40 heavy (non-hydrogen) atoms. The number of hydrogen-bond acceptors (Lipinski definition) is 5. The number of ether oxygens (including phenoxy) is 1. The lowest BCUT2D eigenvalue weighted by Crippen LogP contribution is -2.65. The summed E-state index contributed by atoms with van der Waals surface area (Å²) in [6.45, 7) is 4.36. The van der Waals surface area contributed by atoms with E-state index in [4.69, 9.17) is 4.74 Å². The van der Waals surface area contributed by atoms with Gasteiger partial charge >= 0.3 is 0 Å². The zero-order chi connectivity index (χ0) is 28.6. The van der Waals surface area contributed by atoms with E-state index >= 15 is 0 Å². The molecule has 0 bridgehead atoms. The average Bonchev–Trinajstić information content (AvgIpc) is 2.91. The molecule has 0 saturated heterocycles. The summed E-state index contributed by atoms with van der Waals surface area (Å²) >= 11 is 0. The smallest absolute Gasteiger partial charge is 0.274 e. The van der Waals surface area contributed by atoms with Crippen LogP contribution in [0.1, 0.15) is 65.1 Å². The number of nitrogens with zero attached hydrogens (tertiary/aromatic N) is 2. The molecule has 3 aromatic rings. The first kappa shape index (κ1) is 27.7. The Kier molecular flexibility index (Phi) is 7.59. The number of pyridine rings is 1. The number of hydrogen-bond donors (Lipinski definition) is 1. The van der Waals surface area contributed by atoms with Crippen LogP contribution in [-0.4, -0.2) is 46.8 Å². The van der Waals surface area contributed by atoms with Gasteiger partial charge in [-0.25, -0.2) is 8.78 Å². The maximum Gasteiger partial charge on any atom is 0.274 e. The summed E-state index contributed by atoms with van der Waals surface area (Å²) in [5, 5.41) is 3.28. The number of aryl methyl sites for hydroxylation is 1. The molecule has 1 N–H and O–H groups in total. The van der Waals surface area contributed by atoms with Gasteiger partial charge in [-0.05, 0) is 57.4 Å². The summed E-state index contributed by atoms with van der Waals surface area (Å²) in [6.07, 6.45) is 2.76. The minimum absolute atomic E-state index is 0.000622. The first-order chi connectivity index (χ1) is 19.1. The van der Waals surface area contributed by atoms with E-state index < -0.39 is 28.4 Å². The van der Waals surface area contributed by atoms with Crippen LogP contribution in [0.5, 0.6) is 5.75 Å². The summed E-state index contributed by atoms with van der Waals surface area (Å²) in [5.74, 6) is -2.41. The van der Waals surface area contributed by atoms with Crippen molar-refractivity contribution in [2.75, 3.05) is 13.6 Å². The van der Waals surface area contributed by atoms with Crippen LogP contribution in [0.3, 0.4) is 0 Å². The zero-order valence-electron chi connectivity index (χ0n) is 22.9. The van der Waals surface area contributed by atoms with E-state index in [1.54, 1.807) is 9.47 Å². The van der Waals surface area contributed by atoms with Crippen molar-refractivity contribution in [3.05, 3.63) is 99.0 Å². The van der Waals surface area contributed by atoms with Gasteiger partial charge in [-0.2, -0.15) is 0 Å². The molecule has 1 aromatic heterocycles. The van der Waals surface area contributed by atoms with E-state index in [1.807, 2.05) is 51.2 Å². The maximum atomic E-state index is 14.2. The van der Waals surface area contributed by atoms with E-state index in [0.717, 1.165) is 17.7 Å². The monoisotopic (exact) mass is 549 g/mol. The third-order valence-electron chi connectivity index (χ3n) is 8.05. The van der Waals surface area contributed by atoms with E-state index in [0.29, 0.717) is 19.4 Å². The predicted octanol–water partition coefficient (Wildman–Crippen LogP) is 4.46. The van der Waals surface area contributed by atoms with Gasteiger partial charge in [0.15, 0.2) is 17.2 Å². The Hall–Kier alpha value is -3.85. The van der Waals surface area contributed by atoms with Crippen LogP contribution in [0.2, 0.25) is 0 Å². The molecule has 0 unspecified atom stereocenters. The lowest BCUT2D eigenvalue weighted by Gasteiger charge is -2.55. The first-order valence-corrected chi connectivity index (χ1v) is 13.6. The minimum Gasteiger partial charge on any atom is -0.483 e. The molecule has 210 valence electrons. The van der Waals surface area contributed by atoms with Crippen LogP contribution in [-0.2, 0) is 18.6 Å². The van der Waals surface area contributed by atoms with Gasteiger partial charge in [0.1, 0.15) is 18.2 Å². The fourth-order valence-corrected chi connectivity index (χ4v) is 5.74. The third kappa shape index (κ3) is 5.06. The number of ketones is 1. The molecule has 2 aromatic carbocycles. The quantitative estimate of drug-likeness (QED) is 0.399. The lowest BCUT2D eigenvalue weighted by molar-refractivity contribution is 0.00908. The second-order valence-corrected chi connectivity index (χ2v) is 11.0. The van der Waals surface area contributed by atoms with Gasteiger partial charge in [0.25, 0.3) is 5.91 Å². The Labute approximate surface area is 231 Å². The zero-order valence-corrected chi connectivity index (χ0v) is 22.9. The van der Waals surface area contributed by atoms with E-state index in [1.165, 1.54) is 12.3 Å². The average molecular weight is 550 g/mol. The number of fused-ring (bicyclic) bond motifs is 2. The summed E-state index contributed by atoms with van der Waals surface area (Å²) in [5.41, 5.74) is -0.128. The molecule has 1 saturated carbocycles. The Balaban J connectivity index is 1.58. The highest BCUT2D eigenvalue weighted by Crippen LogP contribution is 2.45. The van der Waals surface area contributed by atoms with Gasteiger partial charge in [-0.15, -0.1) is 0 Å². The van der Waals surface area contributed by atoms with Crippen LogP contribution in [0.15, 0.2) is 59.5 Å². The maximum absolute atomic E-state index is 14.2. The number of Topliss-reactive ketones (excluding diaryl/α,β-unsaturated/α-hetero) is 1. The fraction of sp³-hybridized carbons (Fsp3) is 0.387. The van der Waals surface area contributed by atoms with E-state index in [-0.39, 0.29) is 60.0 Å². The fourth-order valence-electron chi connectivity index (χ4n) is 5.74. The number of aromatic nitrogens is 1. The van der Waals surface area contributed by atoms with Crippen molar-refractivity contribution < 1.29 is 23.1 Å². The number of carbonyl (C=O) groups excluding carboxylic acids is 2. The van der Waals surface area contributed by atoms with Crippen molar-refractivity contribution in [1.82, 2.24) is 14.8 Å². The Bertz CT molecular complexity index is 1500. The molecule has 2 heterocycles. The van der Waals surface area contributed by atoms with Crippen LogP contribution in [0, 0.1) is 11.6 Å². The number of rotatable bonds is 9. The van der Waals surface area contributed by atoms with Crippen LogP contribution in [0.25, 0.3) is 0 Å². The lowest BCUT2D eigenvalue weighted by atomic mass is 9.70. The largest absolute Gasteiger partial charge is 0.483 e. The third-order valence-corrected chi connectivity index (χ3v) is 8.05. The molecule has 0 atom stereocenters.